The van der Waals surface area contributed by atoms with E-state index in [4.69, 9.17) is 4.52 Å². The molecule has 0 atom stereocenters. The van der Waals surface area contributed by atoms with Gasteiger partial charge < -0.3 is 20.1 Å². The van der Waals surface area contributed by atoms with E-state index < -0.39 is 0 Å². The highest BCUT2D eigenvalue weighted by atomic mass is 32.1. The van der Waals surface area contributed by atoms with Gasteiger partial charge in [-0.05, 0) is 154 Å². The number of nitrogens with one attached hydrogen (secondary N) is 3. The lowest BCUT2D eigenvalue weighted by molar-refractivity contribution is -0.0209. The Labute approximate surface area is 275 Å². The third-order valence-electron chi connectivity index (χ3n) is 12.9. The molecule has 5 nitrogen and oxygen atoms in total. The molecular formula is C38H46N4OS2. The van der Waals surface area contributed by atoms with Gasteiger partial charge in [0.25, 0.3) is 0 Å². The van der Waals surface area contributed by atoms with Crippen LogP contribution < -0.4 is 10.6 Å². The molecule has 4 aromatic rings. The van der Waals surface area contributed by atoms with Crippen LogP contribution in [0.25, 0.3) is 21.2 Å². The van der Waals surface area contributed by atoms with Gasteiger partial charge in [-0.3, -0.25) is 0 Å². The van der Waals surface area contributed by atoms with E-state index in [2.05, 4.69) is 62.6 Å². The van der Waals surface area contributed by atoms with E-state index in [-0.39, 0.29) is 0 Å². The molecule has 45 heavy (non-hydrogen) atoms. The summed E-state index contributed by atoms with van der Waals surface area (Å²) in [7, 11) is 0. The summed E-state index contributed by atoms with van der Waals surface area (Å²) < 4.78 is 5.85. The summed E-state index contributed by atoms with van der Waals surface area (Å²) in [5.41, 5.74) is 5.72. The van der Waals surface area contributed by atoms with Crippen molar-refractivity contribution in [3.8, 4) is 21.2 Å². The van der Waals surface area contributed by atoms with Gasteiger partial charge in [-0.1, -0.05) is 5.16 Å². The third kappa shape index (κ3) is 5.30. The molecule has 0 aromatic carbocycles. The lowest BCUT2D eigenvalue weighted by atomic mass is 9.53. The van der Waals surface area contributed by atoms with E-state index in [0.717, 1.165) is 66.5 Å². The van der Waals surface area contributed by atoms with Crippen LogP contribution in [0.2, 0.25) is 0 Å². The average Bonchev–Trinajstić information content (AvgIpc) is 3.82. The van der Waals surface area contributed by atoms with Crippen LogP contribution in [0.3, 0.4) is 0 Å². The Morgan fingerprint density at radius 3 is 2.00 bits per heavy atom. The van der Waals surface area contributed by atoms with Crippen LogP contribution in [0, 0.1) is 35.5 Å². The van der Waals surface area contributed by atoms with Gasteiger partial charge in [0.1, 0.15) is 0 Å². The quantitative estimate of drug-likeness (QED) is 0.162. The van der Waals surface area contributed by atoms with Gasteiger partial charge in [-0.15, -0.1) is 22.7 Å². The molecule has 0 saturated heterocycles. The molecule has 0 spiro atoms. The first-order valence-corrected chi connectivity index (χ1v) is 19.5. The number of nitrogens with zero attached hydrogens (tertiary/aromatic N) is 1. The predicted octanol–water partition coefficient (Wildman–Crippen LogP) is 9.17. The van der Waals surface area contributed by atoms with Crippen molar-refractivity contribution < 1.29 is 4.52 Å². The van der Waals surface area contributed by atoms with Gasteiger partial charge in [-0.2, -0.15) is 0 Å². The topological polar surface area (TPSA) is 65.9 Å². The molecule has 8 aliphatic carbocycles. The fourth-order valence-electron chi connectivity index (χ4n) is 11.8. The first-order valence-electron chi connectivity index (χ1n) is 17.8. The Hall–Kier alpha value is -2.19. The van der Waals surface area contributed by atoms with Crippen LogP contribution in [-0.2, 0) is 19.5 Å². The van der Waals surface area contributed by atoms with Crippen LogP contribution in [-0.4, -0.2) is 21.2 Å². The number of hydrogen-bond donors (Lipinski definition) is 3. The minimum absolute atomic E-state index is 0.357. The van der Waals surface area contributed by atoms with Crippen molar-refractivity contribution in [3.05, 3.63) is 63.6 Å². The van der Waals surface area contributed by atoms with E-state index in [0.29, 0.717) is 11.1 Å². The third-order valence-corrected chi connectivity index (χ3v) is 15.0. The summed E-state index contributed by atoms with van der Waals surface area (Å²) in [5.74, 6) is 6.73. The molecule has 236 valence electrons. The number of aromatic nitrogens is 2. The van der Waals surface area contributed by atoms with Crippen molar-refractivity contribution in [2.75, 3.05) is 0 Å². The average molecular weight is 639 g/mol. The Morgan fingerprint density at radius 1 is 0.733 bits per heavy atom. The number of thiophene rings is 2. The van der Waals surface area contributed by atoms with E-state index in [9.17, 15) is 0 Å². The summed E-state index contributed by atoms with van der Waals surface area (Å²) >= 11 is 3.68. The van der Waals surface area contributed by atoms with Crippen molar-refractivity contribution >= 4 is 22.7 Å². The summed E-state index contributed by atoms with van der Waals surface area (Å²) in [6, 6.07) is 13.6. The smallest absolute Gasteiger partial charge is 0.177 e. The zero-order chi connectivity index (χ0) is 29.6. The molecule has 8 fully saturated rings. The van der Waals surface area contributed by atoms with Crippen molar-refractivity contribution in [2.45, 2.75) is 108 Å². The van der Waals surface area contributed by atoms with Crippen LogP contribution in [0.1, 0.15) is 98.9 Å². The van der Waals surface area contributed by atoms with Crippen LogP contribution in [0.15, 0.2) is 46.3 Å². The van der Waals surface area contributed by atoms with Crippen LogP contribution in [0.4, 0.5) is 0 Å². The van der Waals surface area contributed by atoms with Gasteiger partial charge in [0.2, 0.25) is 0 Å². The van der Waals surface area contributed by atoms with Crippen molar-refractivity contribution in [2.24, 2.45) is 35.5 Å². The van der Waals surface area contributed by atoms with E-state index in [1.807, 2.05) is 11.3 Å². The SMILES string of the molecule is c1sc(-c2cc(CNC34CC5CC(CC(C5)C3)C4)no2)cc1Cc1ccc(-c2ccc(CNC34CC5CC(CC(C5)C3)C4)[nH]2)s1. The summed E-state index contributed by atoms with van der Waals surface area (Å²) in [6.45, 7) is 1.79. The highest BCUT2D eigenvalue weighted by Crippen LogP contribution is 2.57. The molecule has 8 bridgehead atoms. The van der Waals surface area contributed by atoms with Gasteiger partial charge in [0, 0.05) is 47.2 Å². The maximum Gasteiger partial charge on any atom is 0.177 e. The molecule has 0 aliphatic heterocycles. The van der Waals surface area contributed by atoms with E-state index >= 15 is 0 Å². The number of rotatable bonds is 10. The Kier molecular flexibility index (Phi) is 6.61. The van der Waals surface area contributed by atoms with Crippen LogP contribution in [0.5, 0.6) is 0 Å². The Bertz CT molecular complexity index is 1500. The second kappa shape index (κ2) is 10.7. The van der Waals surface area contributed by atoms with E-state index in [1.54, 1.807) is 11.3 Å². The number of H-pyrrole nitrogens is 1. The first-order chi connectivity index (χ1) is 22.0. The molecule has 8 saturated carbocycles. The molecular weight excluding hydrogens is 593 g/mol. The molecule has 4 aromatic heterocycles. The second-order valence-corrected chi connectivity index (χ2v) is 18.5. The Morgan fingerprint density at radius 2 is 1.36 bits per heavy atom. The fraction of sp³-hybridized carbons (Fsp3) is 0.605. The molecule has 4 heterocycles. The predicted molar refractivity (Wildman–Crippen MR) is 182 cm³/mol. The van der Waals surface area contributed by atoms with Gasteiger partial charge >= 0.3 is 0 Å². The minimum Gasteiger partial charge on any atom is -0.357 e. The second-order valence-electron chi connectivity index (χ2n) is 16.4. The highest BCUT2D eigenvalue weighted by Gasteiger charge is 2.51. The lowest BCUT2D eigenvalue weighted by Crippen LogP contribution is -2.58. The Balaban J connectivity index is 0.753. The monoisotopic (exact) mass is 638 g/mol. The minimum atomic E-state index is 0.357. The zero-order valence-electron chi connectivity index (χ0n) is 26.3. The number of aromatic amines is 1. The zero-order valence-corrected chi connectivity index (χ0v) is 27.9. The lowest BCUT2D eigenvalue weighted by Gasteiger charge is -2.57. The molecule has 0 amide bonds. The van der Waals surface area contributed by atoms with E-state index in [1.165, 1.54) is 109 Å². The molecule has 0 radical (unpaired) electrons. The summed E-state index contributed by atoms with van der Waals surface area (Å²) in [5, 5.41) is 14.8. The van der Waals surface area contributed by atoms with Crippen molar-refractivity contribution in [1.29, 1.82) is 0 Å². The molecule has 8 aliphatic rings. The maximum atomic E-state index is 5.85. The number of hydrogen-bond acceptors (Lipinski definition) is 6. The maximum absolute atomic E-state index is 5.85. The van der Waals surface area contributed by atoms with Gasteiger partial charge in [0.05, 0.1) is 21.1 Å². The fourth-order valence-corrected chi connectivity index (χ4v) is 13.7. The normalized spacial score (nSPS) is 36.0. The highest BCUT2D eigenvalue weighted by molar-refractivity contribution is 7.15. The first kappa shape index (κ1) is 27.9. The molecule has 3 N–H and O–H groups in total. The summed E-state index contributed by atoms with van der Waals surface area (Å²) in [4.78, 5) is 7.64. The van der Waals surface area contributed by atoms with Crippen LogP contribution >= 0.6 is 22.7 Å². The summed E-state index contributed by atoms with van der Waals surface area (Å²) in [6.07, 6.45) is 18.2. The molecule has 12 rings (SSSR count). The largest absolute Gasteiger partial charge is 0.357 e. The molecule has 0 unspecified atom stereocenters. The standard InChI is InChI=1S/C38H46N4OS2/c1-3-33(41-30(1)20-39-37-14-23-5-24(15-37)7-25(6-23)16-37)35-4-2-32(45-35)11-29-12-36(44-22-29)34-13-31(42-43-34)21-40-38-17-26-8-27(18-38)10-28(9-26)19-38/h1-4,12-13,22-28,39-41H,5-11,14-21H2. The molecule has 7 heteroatoms. The van der Waals surface area contributed by atoms with Crippen molar-refractivity contribution in [1.82, 2.24) is 20.8 Å². The van der Waals surface area contributed by atoms with Crippen molar-refractivity contribution in [3.63, 3.8) is 0 Å². The van der Waals surface area contributed by atoms with Gasteiger partial charge in [0.15, 0.2) is 5.76 Å². The van der Waals surface area contributed by atoms with Gasteiger partial charge in [-0.25, -0.2) is 0 Å².